The van der Waals surface area contributed by atoms with E-state index in [0.717, 1.165) is 61.3 Å². The van der Waals surface area contributed by atoms with Crippen molar-refractivity contribution in [2.24, 2.45) is 0 Å². The zero-order valence-electron chi connectivity index (χ0n) is 24.3. The van der Waals surface area contributed by atoms with Crippen LogP contribution in [0.15, 0.2) is 61.2 Å². The highest BCUT2D eigenvalue weighted by atomic mass is 19.4. The predicted octanol–water partition coefficient (Wildman–Crippen LogP) is 5.22. The molecular formula is C31H29F3N6O5. The van der Waals surface area contributed by atoms with Crippen molar-refractivity contribution < 1.29 is 37.0 Å². The Morgan fingerprint density at radius 3 is 2.56 bits per heavy atom. The van der Waals surface area contributed by atoms with E-state index in [-0.39, 0.29) is 11.4 Å². The number of carbonyl (C=O) groups excluding carboxylic acids is 2. The van der Waals surface area contributed by atoms with Crippen molar-refractivity contribution in [1.82, 2.24) is 19.9 Å². The molecule has 2 aliphatic heterocycles. The predicted molar refractivity (Wildman–Crippen MR) is 158 cm³/mol. The molecule has 2 saturated heterocycles. The topological polar surface area (TPSA) is 110 Å². The number of urea groups is 1. The molecule has 0 bridgehead atoms. The molecule has 0 spiro atoms. The summed E-state index contributed by atoms with van der Waals surface area (Å²) in [5, 5.41) is 0.662. The summed E-state index contributed by atoms with van der Waals surface area (Å²) >= 11 is 0. The maximum Gasteiger partial charge on any atom is 0.417 e. The van der Waals surface area contributed by atoms with Crippen LogP contribution >= 0.6 is 0 Å². The molecule has 14 heteroatoms. The first-order chi connectivity index (χ1) is 21.7. The minimum absolute atomic E-state index is 0.125. The van der Waals surface area contributed by atoms with Gasteiger partial charge in [-0.15, -0.1) is 0 Å². The van der Waals surface area contributed by atoms with Gasteiger partial charge < -0.3 is 14.2 Å². The number of aryl methyl sites for hydroxylation is 1. The molecule has 0 aliphatic carbocycles. The smallest absolute Gasteiger partial charge is 0.417 e. The van der Waals surface area contributed by atoms with Gasteiger partial charge in [-0.05, 0) is 55.3 Å². The van der Waals surface area contributed by atoms with Crippen molar-refractivity contribution in [2.75, 3.05) is 55.8 Å². The summed E-state index contributed by atoms with van der Waals surface area (Å²) < 4.78 is 56.9. The molecular weight excluding hydrogens is 593 g/mol. The van der Waals surface area contributed by atoms with Crippen molar-refractivity contribution in [3.8, 4) is 17.4 Å². The van der Waals surface area contributed by atoms with Crippen molar-refractivity contribution >= 4 is 34.2 Å². The number of alkyl halides is 3. The van der Waals surface area contributed by atoms with Gasteiger partial charge in [0, 0.05) is 31.9 Å². The van der Waals surface area contributed by atoms with Crippen molar-refractivity contribution in [3.05, 3.63) is 72.3 Å². The van der Waals surface area contributed by atoms with Crippen LogP contribution in [0.3, 0.4) is 0 Å². The Morgan fingerprint density at radius 1 is 0.978 bits per heavy atom. The average Bonchev–Trinajstić information content (AvgIpc) is 3.33. The Labute approximate surface area is 256 Å². The van der Waals surface area contributed by atoms with E-state index in [1.807, 2.05) is 18.2 Å². The van der Waals surface area contributed by atoms with Crippen LogP contribution in [0.2, 0.25) is 0 Å². The summed E-state index contributed by atoms with van der Waals surface area (Å²) in [6.07, 6.45) is -0.590. The lowest BCUT2D eigenvalue weighted by Crippen LogP contribution is -2.37. The average molecular weight is 623 g/mol. The molecule has 2 fully saturated rings. The summed E-state index contributed by atoms with van der Waals surface area (Å²) in [7, 11) is 0. The number of hydrogen-bond donors (Lipinski definition) is 0. The molecule has 0 N–H and O–H groups in total. The number of rotatable bonds is 9. The Morgan fingerprint density at radius 2 is 1.78 bits per heavy atom. The van der Waals surface area contributed by atoms with Crippen molar-refractivity contribution in [2.45, 2.75) is 19.5 Å². The third kappa shape index (κ3) is 6.66. The number of morpholine rings is 1. The van der Waals surface area contributed by atoms with Crippen LogP contribution in [0.4, 0.5) is 29.3 Å². The molecule has 6 rings (SSSR count). The highest BCUT2D eigenvalue weighted by Gasteiger charge is 2.40. The fourth-order valence-corrected chi connectivity index (χ4v) is 5.21. The third-order valence-electron chi connectivity index (χ3n) is 7.51. The minimum Gasteiger partial charge on any atom is -0.493 e. The SMILES string of the molecule is Cc1cc(Oc2ncnc3cc(OCCCN4CCOCC4)ccc23)ccc1N1C(=O)CN(c2cncc(C(F)(F)F)c2)C1=O. The van der Waals surface area contributed by atoms with Gasteiger partial charge in [0.2, 0.25) is 5.88 Å². The van der Waals surface area contributed by atoms with Gasteiger partial charge in [-0.3, -0.25) is 19.6 Å². The molecule has 2 aliphatic rings. The molecule has 2 aromatic heterocycles. The molecule has 0 saturated carbocycles. The molecule has 0 atom stereocenters. The minimum atomic E-state index is -4.64. The Hall–Kier alpha value is -4.82. The lowest BCUT2D eigenvalue weighted by molar-refractivity contribution is -0.137. The van der Waals surface area contributed by atoms with E-state index in [0.29, 0.717) is 46.6 Å². The van der Waals surface area contributed by atoms with Crippen LogP contribution in [0.25, 0.3) is 10.9 Å². The second-order valence-electron chi connectivity index (χ2n) is 10.6. The van der Waals surface area contributed by atoms with Crippen molar-refractivity contribution in [3.63, 3.8) is 0 Å². The van der Waals surface area contributed by atoms with E-state index in [9.17, 15) is 22.8 Å². The number of hydrogen-bond acceptors (Lipinski definition) is 9. The number of nitrogens with zero attached hydrogens (tertiary/aromatic N) is 6. The normalized spacial score (nSPS) is 16.1. The van der Waals surface area contributed by atoms with Crippen LogP contribution in [-0.2, 0) is 15.7 Å². The summed E-state index contributed by atoms with van der Waals surface area (Å²) in [4.78, 5) is 42.5. The third-order valence-corrected chi connectivity index (χ3v) is 7.51. The van der Waals surface area contributed by atoms with Crippen molar-refractivity contribution in [1.29, 1.82) is 0 Å². The quantitative estimate of drug-likeness (QED) is 0.183. The van der Waals surface area contributed by atoms with E-state index >= 15 is 0 Å². The van der Waals surface area contributed by atoms with Crippen LogP contribution in [0.5, 0.6) is 17.4 Å². The maximum absolute atomic E-state index is 13.2. The van der Waals surface area contributed by atoms with Gasteiger partial charge in [0.05, 0.1) is 53.9 Å². The zero-order valence-corrected chi connectivity index (χ0v) is 24.3. The van der Waals surface area contributed by atoms with E-state index in [1.54, 1.807) is 25.1 Å². The first-order valence-corrected chi connectivity index (χ1v) is 14.3. The molecule has 0 unspecified atom stereocenters. The first kappa shape index (κ1) is 30.2. The Bertz CT molecular complexity index is 1730. The lowest BCUT2D eigenvalue weighted by atomic mass is 10.1. The Balaban J connectivity index is 1.13. The summed E-state index contributed by atoms with van der Waals surface area (Å²) in [5.41, 5.74) is 0.306. The van der Waals surface area contributed by atoms with Gasteiger partial charge in [-0.1, -0.05) is 0 Å². The monoisotopic (exact) mass is 622 g/mol. The summed E-state index contributed by atoms with van der Waals surface area (Å²) in [5.74, 6) is 0.805. The number of imide groups is 1. The number of benzene rings is 2. The fourth-order valence-electron chi connectivity index (χ4n) is 5.21. The van der Waals surface area contributed by atoms with E-state index in [4.69, 9.17) is 14.2 Å². The van der Waals surface area contributed by atoms with Gasteiger partial charge in [-0.2, -0.15) is 13.2 Å². The number of halogens is 3. The van der Waals surface area contributed by atoms with E-state index in [2.05, 4.69) is 19.9 Å². The van der Waals surface area contributed by atoms with Gasteiger partial charge in [0.1, 0.15) is 24.4 Å². The molecule has 4 heterocycles. The van der Waals surface area contributed by atoms with E-state index < -0.39 is 30.2 Å². The highest BCUT2D eigenvalue weighted by Crippen LogP contribution is 2.35. The van der Waals surface area contributed by atoms with Crippen LogP contribution in [0, 0.1) is 6.92 Å². The fraction of sp³-hybridized carbons (Fsp3) is 0.323. The number of fused-ring (bicyclic) bond motifs is 1. The number of aromatic nitrogens is 3. The highest BCUT2D eigenvalue weighted by molar-refractivity contribution is 6.27. The molecule has 0 radical (unpaired) electrons. The van der Waals surface area contributed by atoms with Crippen LogP contribution < -0.4 is 19.3 Å². The number of pyridine rings is 1. The van der Waals surface area contributed by atoms with Crippen LogP contribution in [-0.4, -0.2) is 77.8 Å². The van der Waals surface area contributed by atoms with Gasteiger partial charge in [0.15, 0.2) is 0 Å². The van der Waals surface area contributed by atoms with Gasteiger partial charge in [-0.25, -0.2) is 19.7 Å². The summed E-state index contributed by atoms with van der Waals surface area (Å²) in [6.45, 7) is 6.18. The number of anilines is 2. The molecule has 3 amide bonds. The molecule has 234 valence electrons. The number of amides is 3. The van der Waals surface area contributed by atoms with E-state index in [1.165, 1.54) is 6.33 Å². The Kier molecular flexibility index (Phi) is 8.50. The largest absolute Gasteiger partial charge is 0.493 e. The standard InChI is InChI=1S/C31H29F3N6O5/c1-20-13-24(4-6-27(20)40-28(41)18-39(30(40)42)22-14-21(16-35-17-22)31(32,33)34)45-29-25-5-3-23(15-26(25)36-19-37-29)44-10-2-7-38-8-11-43-12-9-38/h3-6,13-17,19H,2,7-12,18H2,1H3. The summed E-state index contributed by atoms with van der Waals surface area (Å²) in [6, 6.07) is 10.3. The second-order valence-corrected chi connectivity index (χ2v) is 10.6. The van der Waals surface area contributed by atoms with Gasteiger partial charge >= 0.3 is 12.2 Å². The molecule has 4 aromatic rings. The number of ether oxygens (including phenoxy) is 3. The maximum atomic E-state index is 13.2. The lowest BCUT2D eigenvalue weighted by Gasteiger charge is -2.26. The molecule has 45 heavy (non-hydrogen) atoms. The van der Waals surface area contributed by atoms with Crippen LogP contribution in [0.1, 0.15) is 17.5 Å². The molecule has 2 aromatic carbocycles. The number of carbonyl (C=O) groups is 2. The zero-order chi connectivity index (χ0) is 31.6. The molecule has 11 nitrogen and oxygen atoms in total. The second kappa shape index (κ2) is 12.7. The van der Waals surface area contributed by atoms with Gasteiger partial charge in [0.25, 0.3) is 5.91 Å². The first-order valence-electron chi connectivity index (χ1n) is 14.3.